The van der Waals surface area contributed by atoms with Gasteiger partial charge in [0.05, 0.1) is 35.0 Å². The van der Waals surface area contributed by atoms with E-state index < -0.39 is 23.5 Å². The minimum absolute atomic E-state index is 0.0111. The van der Waals surface area contributed by atoms with Crippen molar-refractivity contribution in [1.29, 1.82) is 0 Å². The molecule has 12 heteroatoms. The zero-order valence-corrected chi connectivity index (χ0v) is 20.7. The summed E-state index contributed by atoms with van der Waals surface area (Å²) >= 11 is 0. The van der Waals surface area contributed by atoms with Crippen LogP contribution in [0.5, 0.6) is 0 Å². The van der Waals surface area contributed by atoms with Crippen molar-refractivity contribution in [2.45, 2.75) is 19.0 Å². The molecule has 8 nitrogen and oxygen atoms in total. The number of nitrogens with two attached hydrogens (primary N) is 1. The van der Waals surface area contributed by atoms with Crippen molar-refractivity contribution in [2.24, 2.45) is 11.7 Å². The Morgan fingerprint density at radius 1 is 1.08 bits per heavy atom. The maximum atomic E-state index is 14.8. The van der Waals surface area contributed by atoms with Crippen LogP contribution in [0.15, 0.2) is 67.1 Å². The summed E-state index contributed by atoms with van der Waals surface area (Å²) in [5.74, 6) is -1.50. The van der Waals surface area contributed by atoms with E-state index in [-0.39, 0.29) is 40.7 Å². The maximum absolute atomic E-state index is 14.8. The average Bonchev–Trinajstić information content (AvgIpc) is 3.44. The van der Waals surface area contributed by atoms with Crippen molar-refractivity contribution < 1.29 is 22.4 Å². The first-order valence-electron chi connectivity index (χ1n) is 12.3. The van der Waals surface area contributed by atoms with Gasteiger partial charge >= 0.3 is 6.18 Å². The minimum atomic E-state index is -4.85. The van der Waals surface area contributed by atoms with Crippen LogP contribution in [-0.4, -0.2) is 45.5 Å². The molecule has 1 atom stereocenters. The van der Waals surface area contributed by atoms with Crippen LogP contribution in [0.25, 0.3) is 16.8 Å². The summed E-state index contributed by atoms with van der Waals surface area (Å²) in [4.78, 5) is 14.8. The Hall–Kier alpha value is -4.32. The molecule has 1 fully saturated rings. The van der Waals surface area contributed by atoms with Crippen molar-refractivity contribution in [3.63, 3.8) is 0 Å². The molecule has 0 aliphatic carbocycles. The number of hydrogen-bond acceptors (Lipinski definition) is 6. The number of carbonyl (C=O) groups excluding carboxylic acids is 1. The van der Waals surface area contributed by atoms with Crippen molar-refractivity contribution in [3.8, 4) is 16.8 Å². The van der Waals surface area contributed by atoms with Crippen LogP contribution < -0.4 is 16.0 Å². The van der Waals surface area contributed by atoms with E-state index in [0.29, 0.717) is 25.2 Å². The predicted octanol–water partition coefficient (Wildman–Crippen LogP) is 4.91. The van der Waals surface area contributed by atoms with E-state index >= 15 is 0 Å². The Bertz CT molecular complexity index is 1470. The number of rotatable bonds is 6. The van der Waals surface area contributed by atoms with Gasteiger partial charge in [0.1, 0.15) is 5.82 Å². The number of aromatic nitrogens is 4. The van der Waals surface area contributed by atoms with Gasteiger partial charge in [0.15, 0.2) is 5.69 Å². The van der Waals surface area contributed by atoms with Gasteiger partial charge in [-0.15, -0.1) is 0 Å². The highest BCUT2D eigenvalue weighted by atomic mass is 19.4. The third-order valence-corrected chi connectivity index (χ3v) is 6.70. The highest BCUT2D eigenvalue weighted by molar-refractivity contribution is 6.05. The zero-order valence-electron chi connectivity index (χ0n) is 20.7. The fraction of sp³-hybridized carbons (Fsp3) is 0.259. The van der Waals surface area contributed by atoms with Gasteiger partial charge in [-0.05, 0) is 55.1 Å². The number of amides is 1. The lowest BCUT2D eigenvalue weighted by molar-refractivity contribution is -0.136. The Morgan fingerprint density at radius 3 is 2.62 bits per heavy atom. The number of benzene rings is 2. The van der Waals surface area contributed by atoms with E-state index in [9.17, 15) is 22.4 Å². The molecule has 1 saturated heterocycles. The molecule has 0 saturated carbocycles. The number of anilines is 2. The lowest BCUT2D eigenvalue weighted by atomic mass is 9.92. The number of piperidine rings is 1. The standard InChI is InChI=1S/C27H25F4N7O/c28-21-6-2-1-5-19(21)20-7-8-22(25(24(20)27(29,30)31)37-12-3-4-17(14-32)16-37)35-26(39)23-10-13-38(36-23)18-9-11-33-34-15-18/h1-2,5-11,13,15,17H,3-4,12,14,16,32H2,(H,35,39)/t17-/m0/s1. The van der Waals surface area contributed by atoms with Crippen LogP contribution >= 0.6 is 0 Å². The smallest absolute Gasteiger partial charge is 0.369 e. The van der Waals surface area contributed by atoms with Gasteiger partial charge in [-0.1, -0.05) is 24.3 Å². The molecule has 202 valence electrons. The third kappa shape index (κ3) is 5.46. The minimum Gasteiger partial charge on any atom is -0.369 e. The summed E-state index contributed by atoms with van der Waals surface area (Å²) in [6.07, 6.45) is 1.01. The number of carbonyl (C=O) groups is 1. The number of nitrogens with one attached hydrogen (secondary N) is 1. The summed E-state index contributed by atoms with van der Waals surface area (Å²) < 4.78 is 60.5. The number of alkyl halides is 3. The topological polar surface area (TPSA) is 102 Å². The molecule has 1 aliphatic rings. The van der Waals surface area contributed by atoms with Gasteiger partial charge < -0.3 is 16.0 Å². The second-order valence-electron chi connectivity index (χ2n) is 9.25. The van der Waals surface area contributed by atoms with Crippen LogP contribution in [0.1, 0.15) is 28.9 Å². The van der Waals surface area contributed by atoms with Crippen molar-refractivity contribution in [2.75, 3.05) is 29.9 Å². The quantitative estimate of drug-likeness (QED) is 0.338. The molecule has 0 radical (unpaired) electrons. The van der Waals surface area contributed by atoms with Gasteiger partial charge in [-0.25, -0.2) is 9.07 Å². The zero-order chi connectivity index (χ0) is 27.6. The summed E-state index contributed by atoms with van der Waals surface area (Å²) in [5.41, 5.74) is 4.64. The monoisotopic (exact) mass is 539 g/mol. The third-order valence-electron chi connectivity index (χ3n) is 6.70. The number of nitrogens with zero attached hydrogens (tertiary/aromatic N) is 5. The van der Waals surface area contributed by atoms with E-state index in [1.807, 2.05) is 0 Å². The van der Waals surface area contributed by atoms with E-state index in [2.05, 4.69) is 20.6 Å². The highest BCUT2D eigenvalue weighted by Crippen LogP contribution is 2.48. The molecule has 1 amide bonds. The van der Waals surface area contributed by atoms with Crippen LogP contribution in [0.4, 0.5) is 28.9 Å². The molecular weight excluding hydrogens is 514 g/mol. The molecule has 3 N–H and O–H groups in total. The SMILES string of the molecule is NC[C@@H]1CCCN(c2c(NC(=O)c3ccn(-c4ccnnc4)n3)ccc(-c3ccccc3F)c2C(F)(F)F)C1. The molecule has 2 aromatic heterocycles. The molecule has 1 aliphatic heterocycles. The van der Waals surface area contributed by atoms with Crippen LogP contribution in [0, 0.1) is 11.7 Å². The molecule has 4 aromatic rings. The Balaban J connectivity index is 1.60. The largest absolute Gasteiger partial charge is 0.419 e. The molecular formula is C27H25F4N7O. The molecule has 3 heterocycles. The lowest BCUT2D eigenvalue weighted by Crippen LogP contribution is -2.40. The predicted molar refractivity (Wildman–Crippen MR) is 138 cm³/mol. The molecule has 5 rings (SSSR count). The highest BCUT2D eigenvalue weighted by Gasteiger charge is 2.41. The van der Waals surface area contributed by atoms with Crippen molar-refractivity contribution in [3.05, 3.63) is 84.2 Å². The van der Waals surface area contributed by atoms with Gasteiger partial charge in [-0.2, -0.15) is 28.5 Å². The molecule has 0 spiro atoms. The molecule has 0 bridgehead atoms. The molecule has 39 heavy (non-hydrogen) atoms. The fourth-order valence-electron chi connectivity index (χ4n) is 4.87. The lowest BCUT2D eigenvalue weighted by Gasteiger charge is -2.37. The van der Waals surface area contributed by atoms with Crippen molar-refractivity contribution >= 4 is 17.3 Å². The summed E-state index contributed by atoms with van der Waals surface area (Å²) in [5, 5.41) is 14.3. The average molecular weight is 540 g/mol. The Morgan fingerprint density at radius 2 is 1.90 bits per heavy atom. The van der Waals surface area contributed by atoms with Crippen LogP contribution in [0.3, 0.4) is 0 Å². The van der Waals surface area contributed by atoms with E-state index in [0.717, 1.165) is 12.5 Å². The van der Waals surface area contributed by atoms with Gasteiger partial charge in [-0.3, -0.25) is 4.79 Å². The van der Waals surface area contributed by atoms with E-state index in [4.69, 9.17) is 5.73 Å². The van der Waals surface area contributed by atoms with Gasteiger partial charge in [0.25, 0.3) is 5.91 Å². The first-order valence-corrected chi connectivity index (χ1v) is 12.3. The summed E-state index contributed by atoms with van der Waals surface area (Å²) in [6.45, 7) is 0.910. The number of hydrogen-bond donors (Lipinski definition) is 2. The fourth-order valence-corrected chi connectivity index (χ4v) is 4.87. The Kier molecular flexibility index (Phi) is 7.29. The van der Waals surface area contributed by atoms with Gasteiger partial charge in [0, 0.05) is 24.8 Å². The van der Waals surface area contributed by atoms with E-state index in [1.54, 1.807) is 11.0 Å². The normalized spacial score (nSPS) is 15.8. The second kappa shape index (κ2) is 10.8. The van der Waals surface area contributed by atoms with Crippen LogP contribution in [-0.2, 0) is 6.18 Å². The van der Waals surface area contributed by atoms with Gasteiger partial charge in [0.2, 0.25) is 0 Å². The molecule has 2 aromatic carbocycles. The van der Waals surface area contributed by atoms with Crippen LogP contribution in [0.2, 0.25) is 0 Å². The first-order chi connectivity index (χ1) is 18.8. The number of halogens is 4. The van der Waals surface area contributed by atoms with E-state index in [1.165, 1.54) is 59.7 Å². The maximum Gasteiger partial charge on any atom is 0.419 e. The summed E-state index contributed by atoms with van der Waals surface area (Å²) in [7, 11) is 0. The summed E-state index contributed by atoms with van der Waals surface area (Å²) in [6, 6.07) is 11.0. The van der Waals surface area contributed by atoms with Crippen molar-refractivity contribution in [1.82, 2.24) is 20.0 Å². The Labute approximate surface area is 221 Å². The first kappa shape index (κ1) is 26.3. The second-order valence-corrected chi connectivity index (χ2v) is 9.25. The molecule has 0 unspecified atom stereocenters.